The summed E-state index contributed by atoms with van der Waals surface area (Å²) in [5.41, 5.74) is 2.55. The molecule has 1 aromatic rings. The average molecular weight is 152 g/mol. The van der Waals surface area contributed by atoms with Crippen LogP contribution in [0.15, 0.2) is 0 Å². The molecule has 4 nitrogen and oxygen atoms in total. The highest BCUT2D eigenvalue weighted by Crippen LogP contribution is 2.22. The Morgan fingerprint density at radius 1 is 1.36 bits per heavy atom. The maximum atomic E-state index is 4.20. The lowest BCUT2D eigenvalue weighted by Crippen LogP contribution is -2.12. The standard InChI is InChI=1S/C7H12N4/c1-11(2)7-5-3-8-4-6(5)9-10-7/h8H,3-4H2,1-2H3,(H,9,10). The zero-order valence-corrected chi connectivity index (χ0v) is 6.81. The molecule has 0 aliphatic carbocycles. The van der Waals surface area contributed by atoms with Gasteiger partial charge in [0, 0.05) is 32.7 Å². The van der Waals surface area contributed by atoms with Crippen LogP contribution in [0, 0.1) is 0 Å². The number of nitrogens with zero attached hydrogens (tertiary/aromatic N) is 2. The van der Waals surface area contributed by atoms with Gasteiger partial charge in [-0.2, -0.15) is 5.10 Å². The topological polar surface area (TPSA) is 44.0 Å². The van der Waals surface area contributed by atoms with Crippen molar-refractivity contribution in [1.82, 2.24) is 15.5 Å². The second-order valence-corrected chi connectivity index (χ2v) is 3.00. The van der Waals surface area contributed by atoms with Crippen LogP contribution < -0.4 is 10.2 Å². The minimum atomic E-state index is 0.927. The Bertz CT molecular complexity index is 263. The number of H-pyrrole nitrogens is 1. The van der Waals surface area contributed by atoms with Gasteiger partial charge in [0.05, 0.1) is 5.69 Å². The lowest BCUT2D eigenvalue weighted by molar-refractivity contribution is 0.740. The summed E-state index contributed by atoms with van der Waals surface area (Å²) in [7, 11) is 4.02. The van der Waals surface area contributed by atoms with Gasteiger partial charge in [0.15, 0.2) is 5.82 Å². The smallest absolute Gasteiger partial charge is 0.154 e. The minimum Gasteiger partial charge on any atom is -0.361 e. The van der Waals surface area contributed by atoms with Crippen molar-refractivity contribution < 1.29 is 0 Å². The van der Waals surface area contributed by atoms with E-state index in [0.29, 0.717) is 0 Å². The zero-order valence-electron chi connectivity index (χ0n) is 6.81. The maximum absolute atomic E-state index is 4.20. The fourth-order valence-electron chi connectivity index (χ4n) is 1.40. The predicted octanol–water partition coefficient (Wildman–Crippen LogP) is 0.0789. The SMILES string of the molecule is CN(C)c1n[nH]c2c1CNC2. The quantitative estimate of drug-likeness (QED) is 0.599. The van der Waals surface area contributed by atoms with E-state index in [1.165, 1.54) is 11.3 Å². The Balaban J connectivity index is 2.42. The maximum Gasteiger partial charge on any atom is 0.154 e. The Morgan fingerprint density at radius 2 is 2.18 bits per heavy atom. The number of rotatable bonds is 1. The average Bonchev–Trinajstić information content (AvgIpc) is 2.41. The molecule has 0 amide bonds. The molecule has 2 N–H and O–H groups in total. The van der Waals surface area contributed by atoms with E-state index in [-0.39, 0.29) is 0 Å². The monoisotopic (exact) mass is 152 g/mol. The van der Waals surface area contributed by atoms with Gasteiger partial charge in [0.1, 0.15) is 0 Å². The first-order valence-electron chi connectivity index (χ1n) is 3.73. The number of hydrogen-bond acceptors (Lipinski definition) is 3. The molecule has 0 saturated heterocycles. The van der Waals surface area contributed by atoms with Crippen LogP contribution >= 0.6 is 0 Å². The third-order valence-corrected chi connectivity index (χ3v) is 1.96. The summed E-state index contributed by atoms with van der Waals surface area (Å²) in [5, 5.41) is 10.5. The van der Waals surface area contributed by atoms with Crippen LogP contribution in [0.25, 0.3) is 0 Å². The van der Waals surface area contributed by atoms with Crippen molar-refractivity contribution in [2.24, 2.45) is 0 Å². The van der Waals surface area contributed by atoms with E-state index in [1.807, 2.05) is 19.0 Å². The lowest BCUT2D eigenvalue weighted by Gasteiger charge is -2.08. The molecule has 0 unspecified atom stereocenters. The third kappa shape index (κ3) is 0.903. The first-order valence-corrected chi connectivity index (χ1v) is 3.73. The summed E-state index contributed by atoms with van der Waals surface area (Å²) < 4.78 is 0. The highest BCUT2D eigenvalue weighted by molar-refractivity contribution is 5.49. The number of nitrogens with one attached hydrogen (secondary N) is 2. The summed E-state index contributed by atoms with van der Waals surface area (Å²) in [6.07, 6.45) is 0. The number of aromatic amines is 1. The highest BCUT2D eigenvalue weighted by atomic mass is 15.3. The molecule has 0 bridgehead atoms. The minimum absolute atomic E-state index is 0.927. The van der Waals surface area contributed by atoms with Crippen molar-refractivity contribution in [1.29, 1.82) is 0 Å². The van der Waals surface area contributed by atoms with Crippen LogP contribution in [-0.4, -0.2) is 24.3 Å². The van der Waals surface area contributed by atoms with Gasteiger partial charge in [0.25, 0.3) is 0 Å². The molecule has 0 atom stereocenters. The second kappa shape index (κ2) is 2.23. The van der Waals surface area contributed by atoms with Crippen LogP contribution in [-0.2, 0) is 13.1 Å². The summed E-state index contributed by atoms with van der Waals surface area (Å²) >= 11 is 0. The zero-order chi connectivity index (χ0) is 7.84. The molecule has 0 radical (unpaired) electrons. The molecular formula is C7H12N4. The molecule has 0 aromatic carbocycles. The molecule has 4 heteroatoms. The van der Waals surface area contributed by atoms with Gasteiger partial charge in [-0.15, -0.1) is 0 Å². The Labute approximate surface area is 65.6 Å². The summed E-state index contributed by atoms with van der Waals surface area (Å²) in [5.74, 6) is 1.06. The van der Waals surface area contributed by atoms with Crippen LogP contribution in [0.1, 0.15) is 11.3 Å². The molecule has 2 rings (SSSR count). The molecule has 60 valence electrons. The second-order valence-electron chi connectivity index (χ2n) is 3.00. The number of fused-ring (bicyclic) bond motifs is 1. The summed E-state index contributed by atoms with van der Waals surface area (Å²) in [4.78, 5) is 2.03. The fourth-order valence-corrected chi connectivity index (χ4v) is 1.40. The van der Waals surface area contributed by atoms with Gasteiger partial charge in [-0.1, -0.05) is 0 Å². The van der Waals surface area contributed by atoms with Crippen LogP contribution in [0.2, 0.25) is 0 Å². The first-order chi connectivity index (χ1) is 5.29. The van der Waals surface area contributed by atoms with Gasteiger partial charge in [-0.25, -0.2) is 0 Å². The van der Waals surface area contributed by atoms with Crippen molar-refractivity contribution in [2.45, 2.75) is 13.1 Å². The van der Waals surface area contributed by atoms with Crippen molar-refractivity contribution in [3.05, 3.63) is 11.3 Å². The molecule has 0 fully saturated rings. The van der Waals surface area contributed by atoms with Gasteiger partial charge in [-0.05, 0) is 0 Å². The molecule has 11 heavy (non-hydrogen) atoms. The van der Waals surface area contributed by atoms with E-state index in [4.69, 9.17) is 0 Å². The van der Waals surface area contributed by atoms with Crippen LogP contribution in [0.5, 0.6) is 0 Å². The van der Waals surface area contributed by atoms with E-state index >= 15 is 0 Å². The van der Waals surface area contributed by atoms with Crippen LogP contribution in [0.4, 0.5) is 5.82 Å². The van der Waals surface area contributed by atoms with Crippen molar-refractivity contribution >= 4 is 5.82 Å². The van der Waals surface area contributed by atoms with Crippen LogP contribution in [0.3, 0.4) is 0 Å². The number of anilines is 1. The van der Waals surface area contributed by atoms with E-state index in [0.717, 1.165) is 18.9 Å². The molecule has 0 saturated carbocycles. The molecule has 1 aromatic heterocycles. The molecular weight excluding hydrogens is 140 g/mol. The highest BCUT2D eigenvalue weighted by Gasteiger charge is 2.18. The Morgan fingerprint density at radius 3 is 2.91 bits per heavy atom. The van der Waals surface area contributed by atoms with Crippen molar-refractivity contribution in [3.8, 4) is 0 Å². The Kier molecular flexibility index (Phi) is 1.35. The predicted molar refractivity (Wildman–Crippen MR) is 43.5 cm³/mol. The molecule has 2 heterocycles. The van der Waals surface area contributed by atoms with Gasteiger partial charge in [-0.3, -0.25) is 5.10 Å². The molecule has 1 aliphatic rings. The largest absolute Gasteiger partial charge is 0.361 e. The third-order valence-electron chi connectivity index (χ3n) is 1.96. The fraction of sp³-hybridized carbons (Fsp3) is 0.571. The van der Waals surface area contributed by atoms with Crippen molar-refractivity contribution in [3.63, 3.8) is 0 Å². The van der Waals surface area contributed by atoms with Crippen molar-refractivity contribution in [2.75, 3.05) is 19.0 Å². The van der Waals surface area contributed by atoms with E-state index in [9.17, 15) is 0 Å². The summed E-state index contributed by atoms with van der Waals surface area (Å²) in [6.45, 7) is 1.87. The normalized spacial score (nSPS) is 15.1. The Hall–Kier alpha value is -1.03. The lowest BCUT2D eigenvalue weighted by atomic mass is 10.3. The van der Waals surface area contributed by atoms with Gasteiger partial charge < -0.3 is 10.2 Å². The van der Waals surface area contributed by atoms with Gasteiger partial charge in [0.2, 0.25) is 0 Å². The van der Waals surface area contributed by atoms with Gasteiger partial charge >= 0.3 is 0 Å². The van der Waals surface area contributed by atoms with E-state index in [2.05, 4.69) is 15.5 Å². The first kappa shape index (κ1) is 6.67. The molecule has 0 spiro atoms. The van der Waals surface area contributed by atoms with E-state index in [1.54, 1.807) is 0 Å². The summed E-state index contributed by atoms with van der Waals surface area (Å²) in [6, 6.07) is 0. The number of hydrogen-bond donors (Lipinski definition) is 2. The molecule has 1 aliphatic heterocycles. The van der Waals surface area contributed by atoms with E-state index < -0.39 is 0 Å². The number of aromatic nitrogens is 2.